The number of sulfone groups is 1. The Morgan fingerprint density at radius 2 is 2.22 bits per heavy atom. The minimum atomic E-state index is -2.96. The topological polar surface area (TPSA) is 60.2 Å². The second kappa shape index (κ2) is 5.49. The Bertz CT molecular complexity index is 512. The lowest BCUT2D eigenvalue weighted by Gasteiger charge is -2.31. The van der Waals surface area contributed by atoms with Crippen LogP contribution in [-0.2, 0) is 9.84 Å². The van der Waals surface area contributed by atoms with Crippen molar-refractivity contribution in [2.75, 3.05) is 6.26 Å². The van der Waals surface area contributed by atoms with E-state index in [0.717, 1.165) is 24.1 Å². The van der Waals surface area contributed by atoms with Crippen LogP contribution in [0.2, 0.25) is 5.02 Å². The normalized spacial score (nSPS) is 27.1. The molecule has 102 valence electrons. The Morgan fingerprint density at radius 3 is 2.78 bits per heavy atom. The van der Waals surface area contributed by atoms with Crippen LogP contribution in [0.5, 0.6) is 0 Å². The lowest BCUT2D eigenvalue weighted by atomic mass is 9.83. The van der Waals surface area contributed by atoms with Crippen LogP contribution >= 0.6 is 22.9 Å². The summed E-state index contributed by atoms with van der Waals surface area (Å²) in [4.78, 5) is 0.982. The molecule has 0 aliphatic heterocycles. The van der Waals surface area contributed by atoms with Crippen LogP contribution in [0.4, 0.5) is 0 Å². The average molecular weight is 308 g/mol. The predicted molar refractivity (Wildman–Crippen MR) is 76.8 cm³/mol. The Morgan fingerprint density at radius 1 is 1.50 bits per heavy atom. The Kier molecular flexibility index (Phi) is 4.36. The van der Waals surface area contributed by atoms with Crippen molar-refractivity contribution in [3.05, 3.63) is 21.3 Å². The molecule has 1 aliphatic carbocycles. The molecular formula is C12H18ClNO2S2. The van der Waals surface area contributed by atoms with Crippen molar-refractivity contribution in [1.82, 2.24) is 0 Å². The highest BCUT2D eigenvalue weighted by Gasteiger charge is 2.33. The van der Waals surface area contributed by atoms with Crippen LogP contribution in [0.25, 0.3) is 0 Å². The van der Waals surface area contributed by atoms with E-state index in [-0.39, 0.29) is 17.2 Å². The third-order valence-corrected chi connectivity index (χ3v) is 6.83. The molecule has 2 N–H and O–H groups in total. The van der Waals surface area contributed by atoms with Crippen LogP contribution < -0.4 is 5.73 Å². The fourth-order valence-electron chi connectivity index (χ4n) is 2.65. The zero-order valence-corrected chi connectivity index (χ0v) is 12.7. The molecule has 1 aromatic heterocycles. The number of halogens is 1. The third-order valence-electron chi connectivity index (χ3n) is 3.73. The SMILES string of the molecule is CS(=O)(=O)C1CCCC(C(N)c2sccc2Cl)C1. The van der Waals surface area contributed by atoms with Gasteiger partial charge in [-0.05, 0) is 36.6 Å². The van der Waals surface area contributed by atoms with Crippen molar-refractivity contribution < 1.29 is 8.42 Å². The van der Waals surface area contributed by atoms with Crippen molar-refractivity contribution in [3.63, 3.8) is 0 Å². The maximum absolute atomic E-state index is 11.6. The predicted octanol–water partition coefficient (Wildman–Crippen LogP) is 3.00. The quantitative estimate of drug-likeness (QED) is 0.934. The molecule has 1 saturated carbocycles. The molecule has 0 spiro atoms. The highest BCUT2D eigenvalue weighted by atomic mass is 35.5. The summed E-state index contributed by atoms with van der Waals surface area (Å²) in [5, 5.41) is 2.39. The summed E-state index contributed by atoms with van der Waals surface area (Å²) >= 11 is 7.65. The summed E-state index contributed by atoms with van der Waals surface area (Å²) in [6, 6.07) is 1.71. The summed E-state index contributed by atoms with van der Waals surface area (Å²) in [7, 11) is -2.96. The van der Waals surface area contributed by atoms with Gasteiger partial charge in [-0.2, -0.15) is 0 Å². The maximum Gasteiger partial charge on any atom is 0.150 e. The first-order valence-corrected chi connectivity index (χ1v) is 9.28. The van der Waals surface area contributed by atoms with Gasteiger partial charge in [-0.1, -0.05) is 18.0 Å². The van der Waals surface area contributed by atoms with Gasteiger partial charge in [0.2, 0.25) is 0 Å². The molecule has 6 heteroatoms. The van der Waals surface area contributed by atoms with Gasteiger partial charge in [0, 0.05) is 17.2 Å². The first-order valence-electron chi connectivity index (χ1n) is 6.07. The molecule has 2 rings (SSSR count). The van der Waals surface area contributed by atoms with E-state index in [4.69, 9.17) is 17.3 Å². The molecule has 0 bridgehead atoms. The molecular weight excluding hydrogens is 290 g/mol. The Balaban J connectivity index is 2.12. The van der Waals surface area contributed by atoms with Gasteiger partial charge in [0.1, 0.15) is 9.84 Å². The highest BCUT2D eigenvalue weighted by molar-refractivity contribution is 7.91. The van der Waals surface area contributed by atoms with Gasteiger partial charge in [-0.3, -0.25) is 0 Å². The molecule has 0 amide bonds. The molecule has 1 fully saturated rings. The largest absolute Gasteiger partial charge is 0.323 e. The summed E-state index contributed by atoms with van der Waals surface area (Å²) in [5.41, 5.74) is 6.25. The summed E-state index contributed by atoms with van der Waals surface area (Å²) in [6.45, 7) is 0. The van der Waals surface area contributed by atoms with Crippen LogP contribution in [-0.4, -0.2) is 19.9 Å². The van der Waals surface area contributed by atoms with Gasteiger partial charge in [0.05, 0.1) is 10.3 Å². The van der Waals surface area contributed by atoms with Crippen LogP contribution in [0.15, 0.2) is 11.4 Å². The molecule has 1 aliphatic rings. The lowest BCUT2D eigenvalue weighted by Crippen LogP contribution is -2.32. The standard InChI is InChI=1S/C12H18ClNO2S2/c1-18(15,16)9-4-2-3-8(7-9)11(14)12-10(13)5-6-17-12/h5-6,8-9,11H,2-4,7,14H2,1H3. The second-order valence-corrected chi connectivity index (χ2v) is 8.72. The molecule has 18 heavy (non-hydrogen) atoms. The smallest absolute Gasteiger partial charge is 0.150 e. The number of hydrogen-bond donors (Lipinski definition) is 1. The van der Waals surface area contributed by atoms with Crippen molar-refractivity contribution in [3.8, 4) is 0 Å². The molecule has 0 radical (unpaired) electrons. The van der Waals surface area contributed by atoms with Gasteiger partial charge in [-0.15, -0.1) is 11.3 Å². The Labute approximate surface area is 117 Å². The van der Waals surface area contributed by atoms with Gasteiger partial charge >= 0.3 is 0 Å². The first-order chi connectivity index (χ1) is 8.39. The Hall–Kier alpha value is -0.100. The van der Waals surface area contributed by atoms with Crippen LogP contribution in [0.3, 0.4) is 0 Å². The van der Waals surface area contributed by atoms with E-state index in [1.165, 1.54) is 6.26 Å². The van der Waals surface area contributed by atoms with Crippen molar-refractivity contribution in [2.45, 2.75) is 37.0 Å². The maximum atomic E-state index is 11.6. The molecule has 1 heterocycles. The molecule has 3 atom stereocenters. The van der Waals surface area contributed by atoms with Gasteiger partial charge in [0.25, 0.3) is 0 Å². The summed E-state index contributed by atoms with van der Waals surface area (Å²) in [5.74, 6) is 0.217. The number of thiophene rings is 1. The minimum absolute atomic E-state index is 0.137. The van der Waals surface area contributed by atoms with Crippen LogP contribution in [0, 0.1) is 5.92 Å². The van der Waals surface area contributed by atoms with Gasteiger partial charge < -0.3 is 5.73 Å². The molecule has 3 nitrogen and oxygen atoms in total. The van der Waals surface area contributed by atoms with E-state index in [2.05, 4.69) is 0 Å². The second-order valence-electron chi connectivity index (χ2n) is 5.04. The number of hydrogen-bond acceptors (Lipinski definition) is 4. The summed E-state index contributed by atoms with van der Waals surface area (Å²) in [6.07, 6.45) is 4.67. The van der Waals surface area contributed by atoms with E-state index in [0.29, 0.717) is 11.4 Å². The average Bonchev–Trinajstić information content (AvgIpc) is 2.73. The van der Waals surface area contributed by atoms with E-state index < -0.39 is 9.84 Å². The lowest BCUT2D eigenvalue weighted by molar-refractivity contribution is 0.311. The van der Waals surface area contributed by atoms with E-state index in [9.17, 15) is 8.42 Å². The first kappa shape index (κ1) is 14.3. The summed E-state index contributed by atoms with van der Waals surface area (Å²) < 4.78 is 23.3. The zero-order valence-electron chi connectivity index (χ0n) is 10.3. The van der Waals surface area contributed by atoms with Gasteiger partial charge in [-0.25, -0.2) is 8.42 Å². The zero-order chi connectivity index (χ0) is 13.3. The highest BCUT2D eigenvalue weighted by Crippen LogP contribution is 2.39. The third kappa shape index (κ3) is 3.07. The van der Waals surface area contributed by atoms with Crippen molar-refractivity contribution >= 4 is 32.8 Å². The monoisotopic (exact) mass is 307 g/mol. The van der Waals surface area contributed by atoms with Crippen molar-refractivity contribution in [1.29, 1.82) is 0 Å². The molecule has 1 aromatic rings. The molecule has 3 unspecified atom stereocenters. The fraction of sp³-hybridized carbons (Fsp3) is 0.667. The van der Waals surface area contributed by atoms with E-state index >= 15 is 0 Å². The van der Waals surface area contributed by atoms with E-state index in [1.807, 2.05) is 11.4 Å². The van der Waals surface area contributed by atoms with Gasteiger partial charge in [0.15, 0.2) is 0 Å². The fourth-order valence-corrected chi connectivity index (χ4v) is 5.12. The number of nitrogens with two attached hydrogens (primary N) is 1. The van der Waals surface area contributed by atoms with Crippen LogP contribution in [0.1, 0.15) is 36.6 Å². The van der Waals surface area contributed by atoms with Crippen molar-refractivity contribution in [2.24, 2.45) is 11.7 Å². The van der Waals surface area contributed by atoms with E-state index in [1.54, 1.807) is 11.3 Å². The molecule has 0 aromatic carbocycles. The molecule has 0 saturated heterocycles. The minimum Gasteiger partial charge on any atom is -0.323 e. The number of rotatable bonds is 3.